The molecular formula is C60H54N2S. The van der Waals surface area contributed by atoms with Crippen molar-refractivity contribution >= 4 is 34.4 Å². The molecule has 4 aromatic carbocycles. The normalized spacial score (nSPS) is 33.2. The topological polar surface area (TPSA) is 6.48 Å². The van der Waals surface area contributed by atoms with Crippen LogP contribution >= 0.6 is 11.8 Å². The molecule has 11 unspecified atom stereocenters. The van der Waals surface area contributed by atoms with Gasteiger partial charge in [-0.25, -0.2) is 0 Å². The van der Waals surface area contributed by atoms with Crippen LogP contribution in [0.4, 0.5) is 17.1 Å². The van der Waals surface area contributed by atoms with E-state index in [0.29, 0.717) is 52.2 Å². The highest BCUT2D eigenvalue weighted by Gasteiger charge is 2.51. The summed E-state index contributed by atoms with van der Waals surface area (Å²) in [6, 6.07) is 34.7. The molecular weight excluding hydrogens is 781 g/mol. The number of para-hydroxylation sites is 1. The molecule has 3 heterocycles. The van der Waals surface area contributed by atoms with Gasteiger partial charge in [-0.15, -0.1) is 11.8 Å². The summed E-state index contributed by atoms with van der Waals surface area (Å²) in [5, 5.41) is 1.09. The first kappa shape index (κ1) is 36.9. The summed E-state index contributed by atoms with van der Waals surface area (Å²) in [5.74, 6) is 2.81. The Labute approximate surface area is 377 Å². The van der Waals surface area contributed by atoms with Crippen molar-refractivity contribution in [2.45, 2.75) is 97.2 Å². The van der Waals surface area contributed by atoms with Crippen molar-refractivity contribution in [3.8, 4) is 11.1 Å². The van der Waals surface area contributed by atoms with E-state index in [0.717, 1.165) is 12.8 Å². The number of allylic oxidation sites excluding steroid dienone is 13. The van der Waals surface area contributed by atoms with E-state index in [-0.39, 0.29) is 12.0 Å². The van der Waals surface area contributed by atoms with E-state index >= 15 is 0 Å². The quantitative estimate of drug-likeness (QED) is 0.189. The zero-order valence-corrected chi connectivity index (χ0v) is 36.7. The van der Waals surface area contributed by atoms with Gasteiger partial charge in [0.25, 0.3) is 0 Å². The van der Waals surface area contributed by atoms with Crippen molar-refractivity contribution in [3.05, 3.63) is 215 Å². The SMILES string of the molecule is C1=CCC(C2=C3C4C=CC=CC4SC3C(N3c4ccc(C5=CC6c7ccccc7N(c7ccc8c(c7)C7CCC=CC7c7ccccc7-8)C6C=C5)cc4C4C=CCCC43)CC2)C=C1. The lowest BCUT2D eigenvalue weighted by Crippen LogP contribution is -2.49. The first-order valence-electron chi connectivity index (χ1n) is 24.1. The largest absolute Gasteiger partial charge is 0.363 e. The van der Waals surface area contributed by atoms with Gasteiger partial charge >= 0.3 is 0 Å². The van der Waals surface area contributed by atoms with Gasteiger partial charge in [0.15, 0.2) is 0 Å². The van der Waals surface area contributed by atoms with Gasteiger partial charge in [-0.05, 0) is 131 Å². The molecule has 0 spiro atoms. The van der Waals surface area contributed by atoms with Crippen molar-refractivity contribution in [1.82, 2.24) is 0 Å². The molecule has 310 valence electrons. The molecule has 7 aliphatic carbocycles. The van der Waals surface area contributed by atoms with Gasteiger partial charge in [0.05, 0.1) is 6.04 Å². The van der Waals surface area contributed by atoms with Gasteiger partial charge < -0.3 is 9.80 Å². The predicted octanol–water partition coefficient (Wildman–Crippen LogP) is 14.6. The molecule has 63 heavy (non-hydrogen) atoms. The summed E-state index contributed by atoms with van der Waals surface area (Å²) < 4.78 is 0. The predicted molar refractivity (Wildman–Crippen MR) is 265 cm³/mol. The van der Waals surface area contributed by atoms with Crippen LogP contribution in [0.1, 0.15) is 96.4 Å². The summed E-state index contributed by atoms with van der Waals surface area (Å²) in [5.41, 5.74) is 19.3. The Morgan fingerprint density at radius 3 is 2.35 bits per heavy atom. The van der Waals surface area contributed by atoms with Crippen LogP contribution in [0.25, 0.3) is 16.7 Å². The monoisotopic (exact) mass is 834 g/mol. The maximum atomic E-state index is 2.97. The van der Waals surface area contributed by atoms with Crippen LogP contribution in [0.2, 0.25) is 0 Å². The second kappa shape index (κ2) is 14.5. The third kappa shape index (κ3) is 5.57. The van der Waals surface area contributed by atoms with Crippen LogP contribution in [0, 0.1) is 11.8 Å². The van der Waals surface area contributed by atoms with E-state index in [1.54, 1.807) is 16.7 Å². The number of rotatable bonds is 4. The molecule has 0 saturated carbocycles. The van der Waals surface area contributed by atoms with Crippen LogP contribution < -0.4 is 9.80 Å². The van der Waals surface area contributed by atoms with Crippen molar-refractivity contribution in [1.29, 1.82) is 0 Å². The lowest BCUT2D eigenvalue weighted by molar-refractivity contribution is 0.430. The average Bonchev–Trinajstić information content (AvgIpc) is 4.02. The molecule has 11 atom stereocenters. The van der Waals surface area contributed by atoms with E-state index in [4.69, 9.17) is 0 Å². The fourth-order valence-electron chi connectivity index (χ4n) is 14.2. The number of anilines is 3. The molecule has 2 nitrogen and oxygen atoms in total. The Bertz CT molecular complexity index is 2860. The van der Waals surface area contributed by atoms with Crippen LogP contribution in [-0.2, 0) is 0 Å². The van der Waals surface area contributed by atoms with Gasteiger partial charge in [0, 0.05) is 69.2 Å². The molecule has 14 rings (SSSR count). The number of thioether (sulfide) groups is 1. The summed E-state index contributed by atoms with van der Waals surface area (Å²) in [7, 11) is 0. The highest BCUT2D eigenvalue weighted by atomic mass is 32.2. The number of nitrogens with zero attached hydrogens (tertiary/aromatic N) is 2. The fraction of sp³-hybridized carbons (Fsp3) is 0.300. The molecule has 1 saturated heterocycles. The van der Waals surface area contributed by atoms with Crippen LogP contribution in [-0.4, -0.2) is 28.6 Å². The van der Waals surface area contributed by atoms with E-state index in [1.165, 1.54) is 88.1 Å². The zero-order valence-electron chi connectivity index (χ0n) is 35.8. The minimum atomic E-state index is 0.244. The van der Waals surface area contributed by atoms with Gasteiger partial charge in [0.2, 0.25) is 0 Å². The number of benzene rings is 4. The Morgan fingerprint density at radius 1 is 0.571 bits per heavy atom. The van der Waals surface area contributed by atoms with Crippen molar-refractivity contribution in [2.24, 2.45) is 11.8 Å². The molecule has 4 aromatic rings. The second-order valence-corrected chi connectivity index (χ2v) is 21.1. The highest BCUT2D eigenvalue weighted by Crippen LogP contribution is 2.59. The summed E-state index contributed by atoms with van der Waals surface area (Å²) in [4.78, 5) is 5.62. The first-order valence-corrected chi connectivity index (χ1v) is 25.0. The standard InChI is InChI=1S/C60H54N2S/c1-2-14-37(15-3-1)41-30-33-57(60-59(41)49-22-10-13-25-58(49)63-60)62-54-24-12-9-21-48(54)52-35-39(27-32-56(52)62)38-26-31-55-51(34-38)47-20-8-11-23-53(47)61(55)40-28-29-46-44-18-5-4-16-42(44)43-17-6-7-19-45(43)50(46)36-40/h1-6,8-11,13-14,16-18,20-23,25-29,31-32,34-37,43,45,48-49,51,54-55,57-58,60H,7,12,15,19,24,30,33H2. The second-order valence-electron chi connectivity index (χ2n) is 19.8. The summed E-state index contributed by atoms with van der Waals surface area (Å²) >= 11 is 2.27. The van der Waals surface area contributed by atoms with Gasteiger partial charge in [-0.3, -0.25) is 0 Å². The fourth-order valence-corrected chi connectivity index (χ4v) is 16.0. The Hall–Kier alpha value is -5.51. The first-order chi connectivity index (χ1) is 31.3. The van der Waals surface area contributed by atoms with Gasteiger partial charge in [-0.2, -0.15) is 0 Å². The number of fused-ring (bicyclic) bond motifs is 15. The van der Waals surface area contributed by atoms with E-state index in [1.807, 2.05) is 0 Å². The average molecular weight is 835 g/mol. The molecule has 10 aliphatic rings. The van der Waals surface area contributed by atoms with Crippen molar-refractivity contribution < 1.29 is 0 Å². The maximum Gasteiger partial charge on any atom is 0.0630 e. The summed E-state index contributed by atoms with van der Waals surface area (Å²) in [6.07, 6.45) is 45.0. The molecule has 0 aromatic heterocycles. The zero-order chi connectivity index (χ0) is 41.2. The van der Waals surface area contributed by atoms with Crippen LogP contribution in [0.3, 0.4) is 0 Å². The molecule has 0 radical (unpaired) electrons. The number of hydrogen-bond acceptors (Lipinski definition) is 3. The van der Waals surface area contributed by atoms with Crippen LogP contribution in [0.15, 0.2) is 187 Å². The molecule has 1 fully saturated rings. The molecule has 3 aliphatic heterocycles. The van der Waals surface area contributed by atoms with Crippen molar-refractivity contribution in [3.63, 3.8) is 0 Å². The smallest absolute Gasteiger partial charge is 0.0630 e. The summed E-state index contributed by atoms with van der Waals surface area (Å²) in [6.45, 7) is 0. The Balaban J connectivity index is 0.807. The molecule has 0 N–H and O–H groups in total. The van der Waals surface area contributed by atoms with Crippen LogP contribution in [0.5, 0.6) is 0 Å². The van der Waals surface area contributed by atoms with E-state index in [9.17, 15) is 0 Å². The number of hydrogen-bond donors (Lipinski definition) is 0. The third-order valence-corrected chi connectivity index (χ3v) is 18.4. The van der Waals surface area contributed by atoms with Crippen molar-refractivity contribution in [2.75, 3.05) is 9.80 Å². The molecule has 0 bridgehead atoms. The maximum absolute atomic E-state index is 2.97. The van der Waals surface area contributed by atoms with Gasteiger partial charge in [-0.1, -0.05) is 151 Å². The molecule has 0 amide bonds. The Kier molecular flexibility index (Phi) is 8.50. The molecule has 3 heteroatoms. The minimum Gasteiger partial charge on any atom is -0.363 e. The van der Waals surface area contributed by atoms with E-state index in [2.05, 4.69) is 198 Å². The van der Waals surface area contributed by atoms with Gasteiger partial charge in [0.1, 0.15) is 0 Å². The minimum absolute atomic E-state index is 0.244. The highest BCUT2D eigenvalue weighted by molar-refractivity contribution is 8.01. The van der Waals surface area contributed by atoms with E-state index < -0.39 is 0 Å². The third-order valence-electron chi connectivity index (χ3n) is 16.8. The lowest BCUT2D eigenvalue weighted by atomic mass is 9.68. The Morgan fingerprint density at radius 2 is 1.41 bits per heavy atom. The lowest BCUT2D eigenvalue weighted by Gasteiger charge is -2.44.